The highest BCUT2D eigenvalue weighted by molar-refractivity contribution is 5.95. The average Bonchev–Trinajstić information content (AvgIpc) is 3.12. The Balaban J connectivity index is 1.28. The zero-order valence-electron chi connectivity index (χ0n) is 16.4. The monoisotopic (exact) mass is 381 g/mol. The number of piperazine rings is 1. The summed E-state index contributed by atoms with van der Waals surface area (Å²) < 4.78 is 1.89. The van der Waals surface area contributed by atoms with E-state index in [9.17, 15) is 9.59 Å². The van der Waals surface area contributed by atoms with E-state index in [1.165, 1.54) is 5.69 Å². The minimum Gasteiger partial charge on any atom is -0.368 e. The summed E-state index contributed by atoms with van der Waals surface area (Å²) in [4.78, 5) is 31.3. The number of nitrogens with zero attached hydrogens (tertiary/aromatic N) is 5. The molecule has 2 aromatic rings. The Bertz CT molecular complexity index is 840. The van der Waals surface area contributed by atoms with Crippen molar-refractivity contribution in [2.24, 2.45) is 0 Å². The van der Waals surface area contributed by atoms with E-state index in [0.717, 1.165) is 37.6 Å². The summed E-state index contributed by atoms with van der Waals surface area (Å²) >= 11 is 0. The van der Waals surface area contributed by atoms with E-state index in [-0.39, 0.29) is 24.7 Å². The molecule has 7 nitrogen and oxygen atoms in total. The number of hydrogen-bond acceptors (Lipinski definition) is 4. The Kier molecular flexibility index (Phi) is 5.32. The van der Waals surface area contributed by atoms with Gasteiger partial charge < -0.3 is 9.80 Å². The minimum atomic E-state index is 0.0112. The van der Waals surface area contributed by atoms with Crippen LogP contribution in [0.15, 0.2) is 36.4 Å². The van der Waals surface area contributed by atoms with Crippen LogP contribution in [-0.2, 0) is 16.1 Å². The molecule has 0 aliphatic carbocycles. The Hall–Kier alpha value is -2.83. The molecule has 0 atom stereocenters. The van der Waals surface area contributed by atoms with Crippen molar-refractivity contribution in [1.29, 1.82) is 0 Å². The number of anilines is 2. The van der Waals surface area contributed by atoms with Gasteiger partial charge in [0.1, 0.15) is 5.82 Å². The molecule has 0 saturated carbocycles. The lowest BCUT2D eigenvalue weighted by atomic mass is 10.2. The van der Waals surface area contributed by atoms with Gasteiger partial charge in [0.25, 0.3) is 0 Å². The van der Waals surface area contributed by atoms with Crippen LogP contribution in [0.1, 0.15) is 25.0 Å². The SMILES string of the molecule is Cc1cc2n(n1)CCCN2C(=O)CCC(=O)N1CCN(c2ccccc2)CC1. The number of rotatable bonds is 4. The van der Waals surface area contributed by atoms with Gasteiger partial charge in [-0.2, -0.15) is 5.10 Å². The van der Waals surface area contributed by atoms with Crippen molar-refractivity contribution in [3.63, 3.8) is 0 Å². The van der Waals surface area contributed by atoms with E-state index >= 15 is 0 Å². The first-order valence-electron chi connectivity index (χ1n) is 10.0. The number of benzene rings is 1. The predicted octanol–water partition coefficient (Wildman–Crippen LogP) is 2.06. The number of carbonyl (C=O) groups excluding carboxylic acids is 2. The summed E-state index contributed by atoms with van der Waals surface area (Å²) in [5.41, 5.74) is 2.11. The van der Waals surface area contributed by atoms with Crippen molar-refractivity contribution in [3.8, 4) is 0 Å². The second-order valence-corrected chi connectivity index (χ2v) is 7.47. The number of para-hydroxylation sites is 1. The van der Waals surface area contributed by atoms with Gasteiger partial charge in [-0.15, -0.1) is 0 Å². The van der Waals surface area contributed by atoms with Crippen molar-refractivity contribution in [1.82, 2.24) is 14.7 Å². The fourth-order valence-electron chi connectivity index (χ4n) is 4.02. The van der Waals surface area contributed by atoms with Crippen LogP contribution in [0.2, 0.25) is 0 Å². The molecule has 1 fully saturated rings. The standard InChI is InChI=1S/C21H27N5O2/c1-17-16-19-25(10-5-11-26(19)22-17)21(28)9-8-20(27)24-14-12-23(13-15-24)18-6-3-2-4-7-18/h2-4,6-7,16H,5,8-15H2,1H3. The molecule has 2 amide bonds. The largest absolute Gasteiger partial charge is 0.368 e. The number of amides is 2. The molecule has 1 aromatic carbocycles. The molecule has 1 saturated heterocycles. The number of carbonyl (C=O) groups is 2. The van der Waals surface area contributed by atoms with Crippen molar-refractivity contribution in [2.45, 2.75) is 32.7 Å². The van der Waals surface area contributed by atoms with E-state index in [1.54, 1.807) is 4.90 Å². The number of aryl methyl sites for hydroxylation is 2. The molecule has 2 aliphatic heterocycles. The first kappa shape index (κ1) is 18.5. The first-order chi connectivity index (χ1) is 13.6. The zero-order chi connectivity index (χ0) is 19.5. The van der Waals surface area contributed by atoms with Gasteiger partial charge in [-0.1, -0.05) is 18.2 Å². The summed E-state index contributed by atoms with van der Waals surface area (Å²) in [5, 5.41) is 4.43. The molecule has 1 aromatic heterocycles. The maximum Gasteiger partial charge on any atom is 0.228 e. The zero-order valence-corrected chi connectivity index (χ0v) is 16.4. The molecule has 0 spiro atoms. The molecule has 2 aliphatic rings. The fourth-order valence-corrected chi connectivity index (χ4v) is 4.02. The molecule has 0 radical (unpaired) electrons. The molecule has 0 unspecified atom stereocenters. The van der Waals surface area contributed by atoms with Gasteiger partial charge in [-0.05, 0) is 25.5 Å². The third kappa shape index (κ3) is 3.88. The smallest absolute Gasteiger partial charge is 0.228 e. The molecular weight excluding hydrogens is 354 g/mol. The summed E-state index contributed by atoms with van der Waals surface area (Å²) in [7, 11) is 0. The summed E-state index contributed by atoms with van der Waals surface area (Å²) in [5.74, 6) is 0.942. The minimum absolute atomic E-state index is 0.0112. The lowest BCUT2D eigenvalue weighted by Crippen LogP contribution is -2.49. The van der Waals surface area contributed by atoms with Crippen molar-refractivity contribution < 1.29 is 9.59 Å². The molecule has 0 N–H and O–H groups in total. The molecule has 28 heavy (non-hydrogen) atoms. The Morgan fingerprint density at radius 3 is 2.39 bits per heavy atom. The number of aromatic nitrogens is 2. The van der Waals surface area contributed by atoms with Gasteiger partial charge in [0, 0.05) is 63.9 Å². The normalized spacial score (nSPS) is 16.8. The molecule has 4 rings (SSSR count). The van der Waals surface area contributed by atoms with Gasteiger partial charge in [0.2, 0.25) is 11.8 Å². The highest BCUT2D eigenvalue weighted by Crippen LogP contribution is 2.23. The third-order valence-electron chi connectivity index (χ3n) is 5.52. The first-order valence-corrected chi connectivity index (χ1v) is 10.0. The summed E-state index contributed by atoms with van der Waals surface area (Å²) in [6.07, 6.45) is 1.42. The molecule has 3 heterocycles. The van der Waals surface area contributed by atoms with Crippen molar-refractivity contribution in [2.75, 3.05) is 42.5 Å². The van der Waals surface area contributed by atoms with Gasteiger partial charge in [0.05, 0.1) is 5.69 Å². The lowest BCUT2D eigenvalue weighted by Gasteiger charge is -2.36. The Labute approximate surface area is 165 Å². The van der Waals surface area contributed by atoms with Crippen LogP contribution in [0, 0.1) is 6.92 Å². The maximum atomic E-state index is 12.7. The predicted molar refractivity (Wildman–Crippen MR) is 108 cm³/mol. The van der Waals surface area contributed by atoms with Crippen LogP contribution >= 0.6 is 0 Å². The molecule has 7 heteroatoms. The Morgan fingerprint density at radius 2 is 1.64 bits per heavy atom. The van der Waals surface area contributed by atoms with Crippen LogP contribution in [0.25, 0.3) is 0 Å². The average molecular weight is 381 g/mol. The highest BCUT2D eigenvalue weighted by Gasteiger charge is 2.26. The van der Waals surface area contributed by atoms with Gasteiger partial charge >= 0.3 is 0 Å². The molecule has 0 bridgehead atoms. The Morgan fingerprint density at radius 1 is 0.929 bits per heavy atom. The van der Waals surface area contributed by atoms with Crippen molar-refractivity contribution >= 4 is 23.3 Å². The van der Waals surface area contributed by atoms with E-state index in [4.69, 9.17) is 0 Å². The molecular formula is C21H27N5O2. The van der Waals surface area contributed by atoms with E-state index in [1.807, 2.05) is 40.8 Å². The van der Waals surface area contributed by atoms with Gasteiger partial charge in [-0.3, -0.25) is 14.5 Å². The maximum absolute atomic E-state index is 12.7. The quantitative estimate of drug-likeness (QED) is 0.813. The van der Waals surface area contributed by atoms with Crippen LogP contribution in [-0.4, -0.2) is 59.2 Å². The van der Waals surface area contributed by atoms with Crippen LogP contribution in [0.5, 0.6) is 0 Å². The van der Waals surface area contributed by atoms with E-state index < -0.39 is 0 Å². The van der Waals surface area contributed by atoms with E-state index in [2.05, 4.69) is 22.1 Å². The van der Waals surface area contributed by atoms with Crippen LogP contribution in [0.3, 0.4) is 0 Å². The topological polar surface area (TPSA) is 61.7 Å². The van der Waals surface area contributed by atoms with E-state index in [0.29, 0.717) is 19.6 Å². The second-order valence-electron chi connectivity index (χ2n) is 7.47. The van der Waals surface area contributed by atoms with Crippen LogP contribution < -0.4 is 9.80 Å². The number of fused-ring (bicyclic) bond motifs is 1. The molecule has 148 valence electrons. The highest BCUT2D eigenvalue weighted by atomic mass is 16.2. The van der Waals surface area contributed by atoms with Gasteiger partial charge in [0.15, 0.2) is 0 Å². The summed E-state index contributed by atoms with van der Waals surface area (Å²) in [6.45, 7) is 6.55. The lowest BCUT2D eigenvalue weighted by molar-refractivity contribution is -0.133. The fraction of sp³-hybridized carbons (Fsp3) is 0.476. The van der Waals surface area contributed by atoms with Crippen LogP contribution in [0.4, 0.5) is 11.5 Å². The third-order valence-corrected chi connectivity index (χ3v) is 5.52. The van der Waals surface area contributed by atoms with Gasteiger partial charge in [-0.25, -0.2) is 4.68 Å². The second kappa shape index (κ2) is 8.04. The number of hydrogen-bond donors (Lipinski definition) is 0. The van der Waals surface area contributed by atoms with Crippen molar-refractivity contribution in [3.05, 3.63) is 42.1 Å². The summed E-state index contributed by atoms with van der Waals surface area (Å²) in [6, 6.07) is 12.2.